The van der Waals surface area contributed by atoms with Gasteiger partial charge >= 0.3 is 0 Å². The van der Waals surface area contributed by atoms with Crippen molar-refractivity contribution >= 4 is 11.6 Å². The lowest BCUT2D eigenvalue weighted by atomic mass is 9.92. The van der Waals surface area contributed by atoms with Gasteiger partial charge in [-0.3, -0.25) is 4.79 Å². The molecule has 5 rings (SSSR count). The van der Waals surface area contributed by atoms with Gasteiger partial charge in [0.25, 0.3) is 5.91 Å². The topological polar surface area (TPSA) is 62.5 Å². The molecule has 7 heteroatoms. The highest BCUT2D eigenvalue weighted by atomic mass is 19.1. The van der Waals surface area contributed by atoms with Crippen molar-refractivity contribution in [3.05, 3.63) is 52.6 Å². The van der Waals surface area contributed by atoms with Crippen molar-refractivity contribution in [2.24, 2.45) is 0 Å². The number of aromatic nitrogens is 3. The van der Waals surface area contributed by atoms with Crippen LogP contribution in [0, 0.1) is 19.7 Å². The van der Waals surface area contributed by atoms with Crippen LogP contribution in [-0.4, -0.2) is 51.1 Å². The standard InChI is InChI=1S/C22H24FN5O/c1-13-9-19(26-28-12-14(2)25-21(13)28)16-10-15-5-8-27(17-3-6-24-7-4-17)22(29)20(15)18(23)11-16/h9-12,17,24H,3-8H2,1-2H3. The van der Waals surface area contributed by atoms with Crippen LogP contribution in [0.2, 0.25) is 0 Å². The first-order valence-electron chi connectivity index (χ1n) is 10.2. The Kier molecular flexibility index (Phi) is 4.35. The van der Waals surface area contributed by atoms with E-state index in [1.54, 1.807) is 4.52 Å². The summed E-state index contributed by atoms with van der Waals surface area (Å²) in [5.41, 5.74) is 5.05. The van der Waals surface area contributed by atoms with Gasteiger partial charge in [0.1, 0.15) is 5.82 Å². The molecule has 0 radical (unpaired) electrons. The first-order valence-corrected chi connectivity index (χ1v) is 10.2. The lowest BCUT2D eigenvalue weighted by molar-refractivity contribution is 0.0618. The molecule has 0 saturated carbocycles. The summed E-state index contributed by atoms with van der Waals surface area (Å²) in [5.74, 6) is -0.630. The molecule has 2 aromatic heterocycles. The Morgan fingerprint density at radius 2 is 1.97 bits per heavy atom. The van der Waals surface area contributed by atoms with Crippen LogP contribution < -0.4 is 5.32 Å². The predicted octanol–water partition coefficient (Wildman–Crippen LogP) is 2.90. The summed E-state index contributed by atoms with van der Waals surface area (Å²) in [7, 11) is 0. The second-order valence-corrected chi connectivity index (χ2v) is 8.08. The number of nitrogens with one attached hydrogen (secondary N) is 1. The maximum absolute atomic E-state index is 15.1. The second-order valence-electron chi connectivity index (χ2n) is 8.08. The monoisotopic (exact) mass is 393 g/mol. The number of hydrogen-bond acceptors (Lipinski definition) is 4. The molecular weight excluding hydrogens is 369 g/mol. The summed E-state index contributed by atoms with van der Waals surface area (Å²) in [4.78, 5) is 19.4. The van der Waals surface area contributed by atoms with E-state index in [2.05, 4.69) is 15.4 Å². The van der Waals surface area contributed by atoms with Crippen LogP contribution in [0.4, 0.5) is 4.39 Å². The molecule has 2 aliphatic heterocycles. The van der Waals surface area contributed by atoms with Crippen molar-refractivity contribution in [2.45, 2.75) is 39.2 Å². The molecule has 6 nitrogen and oxygen atoms in total. The van der Waals surface area contributed by atoms with E-state index in [4.69, 9.17) is 0 Å². The number of fused-ring (bicyclic) bond motifs is 2. The van der Waals surface area contributed by atoms with Crippen LogP contribution in [0.25, 0.3) is 16.9 Å². The van der Waals surface area contributed by atoms with Crippen LogP contribution in [0.1, 0.15) is 40.0 Å². The molecule has 1 N–H and O–H groups in total. The van der Waals surface area contributed by atoms with Crippen LogP contribution >= 0.6 is 0 Å². The van der Waals surface area contributed by atoms with Gasteiger partial charge in [-0.25, -0.2) is 13.9 Å². The number of imidazole rings is 1. The molecular formula is C22H24FN5O. The van der Waals surface area contributed by atoms with Gasteiger partial charge < -0.3 is 10.2 Å². The van der Waals surface area contributed by atoms with Gasteiger partial charge in [-0.05, 0) is 75.5 Å². The third kappa shape index (κ3) is 3.09. The molecule has 3 aromatic rings. The van der Waals surface area contributed by atoms with Crippen molar-refractivity contribution < 1.29 is 9.18 Å². The zero-order valence-corrected chi connectivity index (χ0v) is 16.7. The number of nitrogens with zero attached hydrogens (tertiary/aromatic N) is 4. The van der Waals surface area contributed by atoms with Gasteiger partial charge in [0, 0.05) is 18.2 Å². The average molecular weight is 393 g/mol. The number of amides is 1. The molecule has 4 heterocycles. The Morgan fingerprint density at radius 1 is 1.17 bits per heavy atom. The average Bonchev–Trinajstić information content (AvgIpc) is 3.09. The largest absolute Gasteiger partial charge is 0.335 e. The van der Waals surface area contributed by atoms with Crippen LogP contribution in [0.3, 0.4) is 0 Å². The second kappa shape index (κ2) is 6.91. The first-order chi connectivity index (χ1) is 14.0. The fourth-order valence-electron chi connectivity index (χ4n) is 4.59. The SMILES string of the molecule is Cc1cn2nc(-c3cc(F)c4c(c3)CCN(C3CCNCC3)C4=O)cc(C)c2n1. The highest BCUT2D eigenvalue weighted by Crippen LogP contribution is 2.30. The van der Waals surface area contributed by atoms with Gasteiger partial charge in [0.15, 0.2) is 5.65 Å². The van der Waals surface area contributed by atoms with E-state index in [1.165, 1.54) is 6.07 Å². The Hall–Kier alpha value is -2.80. The minimum atomic E-state index is -0.456. The van der Waals surface area contributed by atoms with Crippen molar-refractivity contribution in [3.8, 4) is 11.3 Å². The summed E-state index contributed by atoms with van der Waals surface area (Å²) in [6, 6.07) is 5.50. The summed E-state index contributed by atoms with van der Waals surface area (Å²) in [6.45, 7) is 6.35. The van der Waals surface area contributed by atoms with E-state index >= 15 is 4.39 Å². The third-order valence-electron chi connectivity index (χ3n) is 6.04. The van der Waals surface area contributed by atoms with Gasteiger partial charge in [-0.15, -0.1) is 0 Å². The molecule has 0 unspecified atom stereocenters. The minimum Gasteiger partial charge on any atom is -0.335 e. The fourth-order valence-corrected chi connectivity index (χ4v) is 4.59. The van der Waals surface area contributed by atoms with E-state index < -0.39 is 5.82 Å². The Balaban J connectivity index is 1.53. The van der Waals surface area contributed by atoms with Crippen molar-refractivity contribution in [2.75, 3.05) is 19.6 Å². The summed E-state index contributed by atoms with van der Waals surface area (Å²) in [6.07, 6.45) is 4.38. The number of benzene rings is 1. The van der Waals surface area contributed by atoms with Gasteiger partial charge in [-0.2, -0.15) is 5.10 Å². The maximum atomic E-state index is 15.1. The number of aryl methyl sites for hydroxylation is 2. The Morgan fingerprint density at radius 3 is 2.76 bits per heavy atom. The van der Waals surface area contributed by atoms with Crippen molar-refractivity contribution in [1.29, 1.82) is 0 Å². The number of rotatable bonds is 2. The molecule has 1 fully saturated rings. The molecule has 29 heavy (non-hydrogen) atoms. The van der Waals surface area contributed by atoms with E-state index in [1.807, 2.05) is 37.1 Å². The normalized spacial score (nSPS) is 17.8. The van der Waals surface area contributed by atoms with Gasteiger partial charge in [0.2, 0.25) is 0 Å². The molecule has 1 amide bonds. The van der Waals surface area contributed by atoms with Gasteiger partial charge in [-0.1, -0.05) is 0 Å². The van der Waals surface area contributed by atoms with Crippen molar-refractivity contribution in [3.63, 3.8) is 0 Å². The highest BCUT2D eigenvalue weighted by molar-refractivity contribution is 5.98. The summed E-state index contributed by atoms with van der Waals surface area (Å²) < 4.78 is 16.9. The quantitative estimate of drug-likeness (QED) is 0.727. The highest BCUT2D eigenvalue weighted by Gasteiger charge is 2.33. The van der Waals surface area contributed by atoms with Crippen LogP contribution in [0.5, 0.6) is 0 Å². The smallest absolute Gasteiger partial charge is 0.257 e. The fraction of sp³-hybridized carbons (Fsp3) is 0.409. The van der Waals surface area contributed by atoms with Crippen LogP contribution in [0.15, 0.2) is 24.4 Å². The van der Waals surface area contributed by atoms with Crippen LogP contribution in [-0.2, 0) is 6.42 Å². The summed E-state index contributed by atoms with van der Waals surface area (Å²) >= 11 is 0. The molecule has 1 aromatic carbocycles. The third-order valence-corrected chi connectivity index (χ3v) is 6.04. The Bertz CT molecular complexity index is 1120. The summed E-state index contributed by atoms with van der Waals surface area (Å²) in [5, 5.41) is 7.93. The molecule has 2 aliphatic rings. The molecule has 1 saturated heterocycles. The van der Waals surface area contributed by atoms with Gasteiger partial charge in [0.05, 0.1) is 23.1 Å². The van der Waals surface area contributed by atoms with E-state index in [0.29, 0.717) is 24.2 Å². The number of piperidine rings is 1. The van der Waals surface area contributed by atoms with Crippen molar-refractivity contribution in [1.82, 2.24) is 24.8 Å². The predicted molar refractivity (Wildman–Crippen MR) is 108 cm³/mol. The number of halogens is 1. The van der Waals surface area contributed by atoms with E-state index in [9.17, 15) is 4.79 Å². The zero-order chi connectivity index (χ0) is 20.1. The number of carbonyl (C=O) groups excluding carboxylic acids is 1. The molecule has 150 valence electrons. The lowest BCUT2D eigenvalue weighted by Crippen LogP contribution is -2.49. The minimum absolute atomic E-state index is 0.174. The number of carbonyl (C=O) groups is 1. The Labute approximate surface area is 168 Å². The molecule has 0 spiro atoms. The maximum Gasteiger partial charge on any atom is 0.257 e. The molecule has 0 aliphatic carbocycles. The first kappa shape index (κ1) is 18.2. The van der Waals surface area contributed by atoms with E-state index in [-0.39, 0.29) is 17.5 Å². The number of hydrogen-bond donors (Lipinski definition) is 1. The lowest BCUT2D eigenvalue weighted by Gasteiger charge is -2.38. The molecule has 0 atom stereocenters. The molecule has 0 bridgehead atoms. The van der Waals surface area contributed by atoms with E-state index in [0.717, 1.165) is 48.4 Å². The zero-order valence-electron chi connectivity index (χ0n) is 16.7.